The van der Waals surface area contributed by atoms with Crippen molar-refractivity contribution in [3.8, 4) is 17.0 Å². The zero-order chi connectivity index (χ0) is 10.1. The second-order valence-corrected chi connectivity index (χ2v) is 3.01. The second-order valence-electron chi connectivity index (χ2n) is 3.01. The summed E-state index contributed by atoms with van der Waals surface area (Å²) in [5.74, 6) is -0.200. The zero-order valence-corrected chi connectivity index (χ0v) is 7.61. The number of aromatic hydroxyl groups is 1. The van der Waals surface area contributed by atoms with Crippen molar-refractivity contribution < 1.29 is 9.50 Å². The minimum Gasteiger partial charge on any atom is -0.504 e. The minimum atomic E-state index is -0.296. The van der Waals surface area contributed by atoms with E-state index in [0.717, 1.165) is 5.56 Å². The lowest BCUT2D eigenvalue weighted by Crippen LogP contribution is -1.93. The number of hydrogen-bond acceptors (Lipinski definition) is 2. The molecule has 0 radical (unpaired) electrons. The first-order valence-corrected chi connectivity index (χ1v) is 4.15. The second kappa shape index (κ2) is 3.14. The summed E-state index contributed by atoms with van der Waals surface area (Å²) in [5.41, 5.74) is 1.33. The maximum absolute atomic E-state index is 12.6. The van der Waals surface area contributed by atoms with Crippen molar-refractivity contribution >= 4 is 0 Å². The fourth-order valence-electron chi connectivity index (χ4n) is 1.37. The normalized spacial score (nSPS) is 10.4. The van der Waals surface area contributed by atoms with Crippen LogP contribution in [0, 0.1) is 5.82 Å². The van der Waals surface area contributed by atoms with Gasteiger partial charge in [-0.1, -0.05) is 0 Å². The van der Waals surface area contributed by atoms with Gasteiger partial charge in [0, 0.05) is 12.6 Å². The highest BCUT2D eigenvalue weighted by Crippen LogP contribution is 2.27. The van der Waals surface area contributed by atoms with Gasteiger partial charge in [0.2, 0.25) is 0 Å². The lowest BCUT2D eigenvalue weighted by atomic mass is 10.1. The molecule has 0 aliphatic carbocycles. The third-order valence-electron chi connectivity index (χ3n) is 2.04. The number of nitrogens with zero attached hydrogens (tertiary/aromatic N) is 2. The molecule has 2 rings (SSSR count). The Kier molecular flexibility index (Phi) is 1.96. The highest BCUT2D eigenvalue weighted by atomic mass is 19.1. The van der Waals surface area contributed by atoms with Crippen molar-refractivity contribution in [1.29, 1.82) is 0 Å². The van der Waals surface area contributed by atoms with Crippen molar-refractivity contribution in [2.75, 3.05) is 0 Å². The van der Waals surface area contributed by atoms with Crippen molar-refractivity contribution in [2.24, 2.45) is 7.05 Å². The molecule has 72 valence electrons. The molecule has 0 fully saturated rings. The number of aryl methyl sites for hydroxylation is 1. The van der Waals surface area contributed by atoms with E-state index >= 15 is 0 Å². The Morgan fingerprint density at radius 1 is 1.29 bits per heavy atom. The Bertz CT molecular complexity index is 428. The van der Waals surface area contributed by atoms with Crippen molar-refractivity contribution in [3.63, 3.8) is 0 Å². The molecule has 0 amide bonds. The minimum absolute atomic E-state index is 0.0964. The van der Waals surface area contributed by atoms with Gasteiger partial charge in [0.05, 0.1) is 6.20 Å². The summed E-state index contributed by atoms with van der Waals surface area (Å²) in [4.78, 5) is 0. The zero-order valence-electron chi connectivity index (χ0n) is 7.61. The van der Waals surface area contributed by atoms with Crippen molar-refractivity contribution in [1.82, 2.24) is 9.78 Å². The van der Waals surface area contributed by atoms with E-state index in [1.807, 2.05) is 0 Å². The Balaban J connectivity index is 2.54. The van der Waals surface area contributed by atoms with Crippen LogP contribution in [0.25, 0.3) is 11.3 Å². The number of benzene rings is 1. The molecule has 4 heteroatoms. The third-order valence-corrected chi connectivity index (χ3v) is 2.04. The maximum atomic E-state index is 12.6. The molecular formula is C10H9FN2O. The first kappa shape index (κ1) is 8.74. The fourth-order valence-corrected chi connectivity index (χ4v) is 1.37. The lowest BCUT2D eigenvalue weighted by molar-refractivity contribution is 0.477. The van der Waals surface area contributed by atoms with E-state index in [2.05, 4.69) is 5.10 Å². The fraction of sp³-hybridized carbons (Fsp3) is 0.100. The standard InChI is InChI=1S/C10H9FN2O/c1-13-10(9(14)6-12-13)7-2-4-8(11)5-3-7/h2-6,14H,1H3. The molecular weight excluding hydrogens is 183 g/mol. The van der Waals surface area contributed by atoms with Crippen molar-refractivity contribution in [2.45, 2.75) is 0 Å². The molecule has 0 unspecified atom stereocenters. The molecule has 1 heterocycles. The molecule has 2 aromatic rings. The number of aromatic nitrogens is 2. The van der Waals surface area contributed by atoms with E-state index in [9.17, 15) is 9.50 Å². The van der Waals surface area contributed by atoms with Crippen LogP contribution in [-0.4, -0.2) is 14.9 Å². The Hall–Kier alpha value is -1.84. The van der Waals surface area contributed by atoms with Gasteiger partial charge in [0.15, 0.2) is 5.75 Å². The van der Waals surface area contributed by atoms with E-state index < -0.39 is 0 Å². The average molecular weight is 192 g/mol. The van der Waals surface area contributed by atoms with E-state index in [-0.39, 0.29) is 11.6 Å². The average Bonchev–Trinajstić information content (AvgIpc) is 2.49. The van der Waals surface area contributed by atoms with Crippen LogP contribution in [0.5, 0.6) is 5.75 Å². The molecule has 1 aromatic heterocycles. The van der Waals surface area contributed by atoms with E-state index in [1.165, 1.54) is 18.3 Å². The van der Waals surface area contributed by atoms with E-state index in [0.29, 0.717) is 5.69 Å². The summed E-state index contributed by atoms with van der Waals surface area (Å²) in [6.07, 6.45) is 1.36. The quantitative estimate of drug-likeness (QED) is 0.749. The monoisotopic (exact) mass is 192 g/mol. The van der Waals surface area contributed by atoms with E-state index in [4.69, 9.17) is 0 Å². The topological polar surface area (TPSA) is 38.0 Å². The molecule has 0 saturated carbocycles. The summed E-state index contributed by atoms with van der Waals surface area (Å²) in [6, 6.07) is 5.90. The van der Waals surface area contributed by atoms with Gasteiger partial charge in [0.25, 0.3) is 0 Å². The highest BCUT2D eigenvalue weighted by Gasteiger charge is 2.09. The molecule has 1 aromatic carbocycles. The number of hydrogen-bond donors (Lipinski definition) is 1. The summed E-state index contributed by atoms with van der Waals surface area (Å²) >= 11 is 0. The van der Waals surface area contributed by atoms with Crippen LogP contribution in [0.4, 0.5) is 4.39 Å². The lowest BCUT2D eigenvalue weighted by Gasteiger charge is -2.02. The first-order chi connectivity index (χ1) is 6.68. The van der Waals surface area contributed by atoms with Gasteiger partial charge < -0.3 is 5.11 Å². The predicted molar refractivity (Wildman–Crippen MR) is 50.3 cm³/mol. The molecule has 0 aliphatic rings. The Labute approximate surface area is 80.4 Å². The molecule has 0 aliphatic heterocycles. The van der Waals surface area contributed by atoms with Crippen LogP contribution in [0.3, 0.4) is 0 Å². The van der Waals surface area contributed by atoms with Gasteiger partial charge >= 0.3 is 0 Å². The molecule has 0 bridgehead atoms. The first-order valence-electron chi connectivity index (χ1n) is 4.15. The van der Waals surface area contributed by atoms with E-state index in [1.54, 1.807) is 23.9 Å². The summed E-state index contributed by atoms with van der Waals surface area (Å²) < 4.78 is 14.2. The summed E-state index contributed by atoms with van der Waals surface area (Å²) in [5, 5.41) is 13.4. The third kappa shape index (κ3) is 1.35. The van der Waals surface area contributed by atoms with Gasteiger partial charge in [-0.3, -0.25) is 4.68 Å². The number of halogens is 1. The largest absolute Gasteiger partial charge is 0.504 e. The molecule has 0 spiro atoms. The van der Waals surface area contributed by atoms with Crippen LogP contribution in [0.2, 0.25) is 0 Å². The van der Waals surface area contributed by atoms with Gasteiger partial charge in [-0.05, 0) is 24.3 Å². The maximum Gasteiger partial charge on any atom is 0.161 e. The van der Waals surface area contributed by atoms with Crippen LogP contribution >= 0.6 is 0 Å². The molecule has 3 nitrogen and oxygen atoms in total. The predicted octanol–water partition coefficient (Wildman–Crippen LogP) is 1.93. The molecule has 0 atom stereocenters. The van der Waals surface area contributed by atoms with Crippen LogP contribution in [0.1, 0.15) is 0 Å². The van der Waals surface area contributed by atoms with Crippen LogP contribution in [0.15, 0.2) is 30.5 Å². The Morgan fingerprint density at radius 3 is 2.43 bits per heavy atom. The van der Waals surface area contributed by atoms with Gasteiger partial charge in [0.1, 0.15) is 11.5 Å². The molecule has 0 saturated heterocycles. The highest BCUT2D eigenvalue weighted by molar-refractivity contribution is 5.65. The van der Waals surface area contributed by atoms with Crippen LogP contribution in [-0.2, 0) is 7.05 Å². The smallest absolute Gasteiger partial charge is 0.161 e. The van der Waals surface area contributed by atoms with Gasteiger partial charge in [-0.15, -0.1) is 0 Å². The van der Waals surface area contributed by atoms with Crippen LogP contribution < -0.4 is 0 Å². The van der Waals surface area contributed by atoms with Crippen molar-refractivity contribution in [3.05, 3.63) is 36.3 Å². The number of rotatable bonds is 1. The van der Waals surface area contributed by atoms with Gasteiger partial charge in [-0.2, -0.15) is 5.10 Å². The Morgan fingerprint density at radius 2 is 1.93 bits per heavy atom. The summed E-state index contributed by atoms with van der Waals surface area (Å²) in [6.45, 7) is 0. The molecule has 14 heavy (non-hydrogen) atoms. The molecule has 1 N–H and O–H groups in total. The van der Waals surface area contributed by atoms with Gasteiger partial charge in [-0.25, -0.2) is 4.39 Å². The SMILES string of the molecule is Cn1ncc(O)c1-c1ccc(F)cc1. The summed E-state index contributed by atoms with van der Waals surface area (Å²) in [7, 11) is 1.72.